The Hall–Kier alpha value is -1.89. The molecule has 0 spiro atoms. The second kappa shape index (κ2) is 8.47. The summed E-state index contributed by atoms with van der Waals surface area (Å²) in [6.07, 6.45) is 2.55. The van der Waals surface area contributed by atoms with E-state index in [1.165, 1.54) is 16.9 Å². The van der Waals surface area contributed by atoms with Crippen LogP contribution in [0.1, 0.15) is 10.4 Å². The fraction of sp³-hybridized carbons (Fsp3) is 0.111. The molecular weight excluding hydrogens is 424 g/mol. The number of ether oxygens (including phenoxy) is 1. The molecular formula is C18H14BrClN2O2S. The summed E-state index contributed by atoms with van der Waals surface area (Å²) in [5.74, 6) is 0.207. The summed E-state index contributed by atoms with van der Waals surface area (Å²) in [7, 11) is 0. The lowest BCUT2D eigenvalue weighted by Gasteiger charge is -2.06. The Labute approximate surface area is 162 Å². The Kier molecular flexibility index (Phi) is 6.07. The van der Waals surface area contributed by atoms with Gasteiger partial charge in [-0.1, -0.05) is 51.8 Å². The van der Waals surface area contributed by atoms with Crippen LogP contribution < -0.4 is 10.1 Å². The van der Waals surface area contributed by atoms with Gasteiger partial charge in [0.25, 0.3) is 5.91 Å². The van der Waals surface area contributed by atoms with Gasteiger partial charge in [-0.15, -0.1) is 11.3 Å². The maximum Gasteiger partial charge on any atom is 0.264 e. The lowest BCUT2D eigenvalue weighted by atomic mass is 10.1. The van der Waals surface area contributed by atoms with Crippen molar-refractivity contribution in [3.63, 3.8) is 0 Å². The van der Waals surface area contributed by atoms with Gasteiger partial charge >= 0.3 is 0 Å². The van der Waals surface area contributed by atoms with E-state index in [-0.39, 0.29) is 12.5 Å². The van der Waals surface area contributed by atoms with Crippen molar-refractivity contribution in [2.75, 3.05) is 11.9 Å². The first-order valence-electron chi connectivity index (χ1n) is 7.46. The van der Waals surface area contributed by atoms with Gasteiger partial charge in [-0.25, -0.2) is 4.98 Å². The number of carbonyl (C=O) groups is 1. The van der Waals surface area contributed by atoms with Crippen molar-refractivity contribution in [2.45, 2.75) is 6.42 Å². The number of benzene rings is 2. The Morgan fingerprint density at radius 2 is 1.96 bits per heavy atom. The number of aromatic nitrogens is 1. The molecule has 0 aliphatic rings. The highest BCUT2D eigenvalue weighted by atomic mass is 79.9. The molecule has 2 aromatic carbocycles. The maximum atomic E-state index is 12.0. The van der Waals surface area contributed by atoms with Crippen molar-refractivity contribution in [1.82, 2.24) is 4.98 Å². The van der Waals surface area contributed by atoms with Crippen LogP contribution >= 0.6 is 38.9 Å². The number of rotatable bonds is 6. The monoisotopic (exact) mass is 436 g/mol. The predicted octanol–water partition coefficient (Wildman–Crippen LogP) is 5.17. The number of nitrogens with one attached hydrogen (secondary N) is 1. The van der Waals surface area contributed by atoms with E-state index in [1.807, 2.05) is 12.1 Å². The zero-order valence-electron chi connectivity index (χ0n) is 13.0. The number of nitrogens with zero attached hydrogens (tertiary/aromatic N) is 1. The van der Waals surface area contributed by atoms with E-state index in [0.717, 1.165) is 15.8 Å². The summed E-state index contributed by atoms with van der Waals surface area (Å²) in [5, 5.41) is 3.77. The molecule has 0 atom stereocenters. The van der Waals surface area contributed by atoms with Gasteiger partial charge in [0.05, 0.1) is 5.02 Å². The third kappa shape index (κ3) is 5.29. The number of hydrogen-bond acceptors (Lipinski definition) is 4. The van der Waals surface area contributed by atoms with E-state index in [1.54, 1.807) is 30.5 Å². The lowest BCUT2D eigenvalue weighted by molar-refractivity contribution is -0.118. The van der Waals surface area contributed by atoms with Crippen LogP contribution in [0.2, 0.25) is 5.02 Å². The van der Waals surface area contributed by atoms with Crippen molar-refractivity contribution in [2.24, 2.45) is 0 Å². The van der Waals surface area contributed by atoms with E-state index in [2.05, 4.69) is 38.4 Å². The van der Waals surface area contributed by atoms with E-state index in [0.29, 0.717) is 15.9 Å². The Morgan fingerprint density at radius 1 is 1.20 bits per heavy atom. The molecule has 1 amide bonds. The van der Waals surface area contributed by atoms with Crippen molar-refractivity contribution >= 4 is 49.9 Å². The number of amides is 1. The van der Waals surface area contributed by atoms with Crippen molar-refractivity contribution in [3.05, 3.63) is 74.7 Å². The lowest BCUT2D eigenvalue weighted by Crippen LogP contribution is -2.20. The highest BCUT2D eigenvalue weighted by Gasteiger charge is 2.09. The molecule has 0 saturated carbocycles. The molecule has 0 radical (unpaired) electrons. The fourth-order valence-electron chi connectivity index (χ4n) is 2.11. The average molecular weight is 438 g/mol. The molecule has 3 aromatic rings. The van der Waals surface area contributed by atoms with Crippen LogP contribution in [0.15, 0.2) is 59.2 Å². The highest BCUT2D eigenvalue weighted by Crippen LogP contribution is 2.24. The number of anilines is 1. The number of hydrogen-bond donors (Lipinski definition) is 1. The van der Waals surface area contributed by atoms with Gasteiger partial charge in [0.2, 0.25) is 0 Å². The smallest absolute Gasteiger partial charge is 0.264 e. The molecule has 0 aliphatic heterocycles. The topological polar surface area (TPSA) is 51.2 Å². The van der Waals surface area contributed by atoms with Crippen LogP contribution in [0, 0.1) is 0 Å². The van der Waals surface area contributed by atoms with Gasteiger partial charge in [0.1, 0.15) is 5.75 Å². The third-order valence-corrected chi connectivity index (χ3v) is 5.04. The predicted molar refractivity (Wildman–Crippen MR) is 105 cm³/mol. The summed E-state index contributed by atoms with van der Waals surface area (Å²) >= 11 is 10.9. The van der Waals surface area contributed by atoms with Crippen LogP contribution in [0.25, 0.3) is 0 Å². The van der Waals surface area contributed by atoms with Crippen molar-refractivity contribution < 1.29 is 9.53 Å². The normalized spacial score (nSPS) is 10.5. The Bertz CT molecular complexity index is 868. The second-order valence-electron chi connectivity index (χ2n) is 5.20. The average Bonchev–Trinajstić information content (AvgIpc) is 3.03. The van der Waals surface area contributed by atoms with Gasteiger partial charge in [0.15, 0.2) is 11.7 Å². The molecule has 0 aliphatic carbocycles. The number of para-hydroxylation sites is 1. The van der Waals surface area contributed by atoms with Gasteiger partial charge in [0, 0.05) is 22.0 Å². The molecule has 3 rings (SSSR count). The summed E-state index contributed by atoms with van der Waals surface area (Å²) in [4.78, 5) is 17.3. The molecule has 0 unspecified atom stereocenters. The SMILES string of the molecule is O=C(COc1ccccc1Cl)Nc1ncc(Cc2ccc(Br)cc2)s1. The molecule has 25 heavy (non-hydrogen) atoms. The molecule has 0 saturated heterocycles. The summed E-state index contributed by atoms with van der Waals surface area (Å²) in [6.45, 7) is -0.120. The molecule has 0 fully saturated rings. The minimum Gasteiger partial charge on any atom is -0.482 e. The summed E-state index contributed by atoms with van der Waals surface area (Å²) < 4.78 is 6.46. The van der Waals surface area contributed by atoms with Crippen LogP contribution in [0.5, 0.6) is 5.75 Å². The standard InChI is InChI=1S/C18H14BrClN2O2S/c19-13-7-5-12(6-8-13)9-14-10-21-18(25-14)22-17(23)11-24-16-4-2-1-3-15(16)20/h1-8,10H,9,11H2,(H,21,22,23). The first kappa shape index (κ1) is 17.9. The van der Waals surface area contributed by atoms with Crippen LogP contribution in [-0.4, -0.2) is 17.5 Å². The van der Waals surface area contributed by atoms with Gasteiger partial charge in [-0.2, -0.15) is 0 Å². The van der Waals surface area contributed by atoms with Crippen LogP contribution in [0.4, 0.5) is 5.13 Å². The number of carbonyl (C=O) groups excluding carboxylic acids is 1. The summed E-state index contributed by atoms with van der Waals surface area (Å²) in [5.41, 5.74) is 1.19. The van der Waals surface area contributed by atoms with Gasteiger partial charge in [-0.05, 0) is 29.8 Å². The molecule has 1 heterocycles. The number of halogens is 2. The second-order valence-corrected chi connectivity index (χ2v) is 7.64. The first-order valence-corrected chi connectivity index (χ1v) is 9.45. The zero-order valence-corrected chi connectivity index (χ0v) is 16.2. The highest BCUT2D eigenvalue weighted by molar-refractivity contribution is 9.10. The largest absolute Gasteiger partial charge is 0.482 e. The summed E-state index contributed by atoms with van der Waals surface area (Å²) in [6, 6.07) is 15.2. The third-order valence-electron chi connectivity index (χ3n) is 3.29. The quantitative estimate of drug-likeness (QED) is 0.579. The zero-order chi connectivity index (χ0) is 17.6. The maximum absolute atomic E-state index is 12.0. The molecule has 1 aromatic heterocycles. The van der Waals surface area contributed by atoms with E-state index in [4.69, 9.17) is 16.3 Å². The molecule has 7 heteroatoms. The Morgan fingerprint density at radius 3 is 2.72 bits per heavy atom. The molecule has 4 nitrogen and oxygen atoms in total. The number of thiazole rings is 1. The molecule has 0 bridgehead atoms. The van der Waals surface area contributed by atoms with E-state index in [9.17, 15) is 4.79 Å². The minimum atomic E-state index is -0.274. The van der Waals surface area contributed by atoms with Gasteiger partial charge < -0.3 is 4.74 Å². The Balaban J connectivity index is 1.53. The van der Waals surface area contributed by atoms with Crippen LogP contribution in [0.3, 0.4) is 0 Å². The minimum absolute atomic E-state index is 0.120. The van der Waals surface area contributed by atoms with Crippen LogP contribution in [-0.2, 0) is 11.2 Å². The molecule has 1 N–H and O–H groups in total. The van der Waals surface area contributed by atoms with Crippen molar-refractivity contribution in [1.29, 1.82) is 0 Å². The van der Waals surface area contributed by atoms with E-state index >= 15 is 0 Å². The van der Waals surface area contributed by atoms with Gasteiger partial charge in [-0.3, -0.25) is 10.1 Å². The first-order chi connectivity index (χ1) is 12.1. The van der Waals surface area contributed by atoms with Crippen molar-refractivity contribution in [3.8, 4) is 5.75 Å². The molecule has 128 valence electrons. The van der Waals surface area contributed by atoms with E-state index < -0.39 is 0 Å². The fourth-order valence-corrected chi connectivity index (χ4v) is 3.43.